The van der Waals surface area contributed by atoms with Gasteiger partial charge in [0.1, 0.15) is 5.69 Å². The fraction of sp³-hybridized carbons (Fsp3) is 0.125. The number of fused-ring (bicyclic) bond motifs is 1. The summed E-state index contributed by atoms with van der Waals surface area (Å²) in [5, 5.41) is 0.854. The Morgan fingerprint density at radius 3 is 2.38 bits per heavy atom. The van der Waals surface area contributed by atoms with Crippen LogP contribution in [0.4, 0.5) is 0 Å². The van der Waals surface area contributed by atoms with Gasteiger partial charge in [0.25, 0.3) is 0 Å². The molecule has 0 bridgehead atoms. The molecule has 0 fully saturated rings. The smallest absolute Gasteiger partial charge is 0.357 e. The molecule has 0 amide bonds. The Hall–Kier alpha value is -3.73. The van der Waals surface area contributed by atoms with Gasteiger partial charge in [-0.1, -0.05) is 54.6 Å². The van der Waals surface area contributed by atoms with Gasteiger partial charge < -0.3 is 9.30 Å². The van der Waals surface area contributed by atoms with Gasteiger partial charge in [-0.2, -0.15) is 0 Å². The van der Waals surface area contributed by atoms with Crippen molar-refractivity contribution in [3.8, 4) is 11.3 Å². The lowest BCUT2D eigenvalue weighted by Gasteiger charge is -2.10. The third-order valence-electron chi connectivity index (χ3n) is 4.82. The Morgan fingerprint density at radius 2 is 1.66 bits per heavy atom. The number of esters is 1. The topological polar surface area (TPSA) is 61.2 Å². The first-order valence-electron chi connectivity index (χ1n) is 9.48. The van der Waals surface area contributed by atoms with Gasteiger partial charge in [0.15, 0.2) is 6.61 Å². The van der Waals surface area contributed by atoms with Crippen LogP contribution in [0.15, 0.2) is 79.0 Å². The van der Waals surface area contributed by atoms with Gasteiger partial charge in [0, 0.05) is 23.6 Å². The second kappa shape index (κ2) is 8.10. The molecule has 29 heavy (non-hydrogen) atoms. The van der Waals surface area contributed by atoms with Crippen molar-refractivity contribution in [2.75, 3.05) is 6.61 Å². The molecule has 144 valence electrons. The third-order valence-corrected chi connectivity index (χ3v) is 4.82. The Bertz CT molecular complexity index is 1160. The highest BCUT2D eigenvalue weighted by Gasteiger charge is 2.24. The molecule has 0 saturated carbocycles. The van der Waals surface area contributed by atoms with Crippen LogP contribution in [0.1, 0.15) is 27.8 Å². The molecule has 0 aliphatic heterocycles. The number of ketones is 1. The highest BCUT2D eigenvalue weighted by molar-refractivity contribution is 6.14. The molecule has 0 aliphatic rings. The highest BCUT2D eigenvalue weighted by atomic mass is 16.5. The number of Topliss-reactive ketones (excluding diaryl/α,β-unsaturated/α-hetero) is 1. The van der Waals surface area contributed by atoms with Crippen molar-refractivity contribution in [1.29, 1.82) is 0 Å². The molecule has 4 rings (SSSR count). The van der Waals surface area contributed by atoms with Crippen LogP contribution in [0.3, 0.4) is 0 Å². The van der Waals surface area contributed by atoms with Crippen molar-refractivity contribution in [1.82, 2.24) is 9.55 Å². The number of pyridine rings is 1. The van der Waals surface area contributed by atoms with Gasteiger partial charge in [0.05, 0.1) is 11.3 Å². The average Bonchev–Trinajstić information content (AvgIpc) is 3.13. The summed E-state index contributed by atoms with van der Waals surface area (Å²) in [6, 6.07) is 22.6. The molecule has 0 spiro atoms. The minimum Gasteiger partial charge on any atom is -0.453 e. The van der Waals surface area contributed by atoms with Gasteiger partial charge in [-0.05, 0) is 30.7 Å². The molecule has 0 saturated heterocycles. The van der Waals surface area contributed by atoms with E-state index in [0.717, 1.165) is 22.2 Å². The number of nitrogens with zero attached hydrogens (tertiary/aromatic N) is 2. The van der Waals surface area contributed by atoms with Crippen molar-refractivity contribution in [2.45, 2.75) is 13.5 Å². The summed E-state index contributed by atoms with van der Waals surface area (Å²) in [5.41, 5.74) is 3.52. The number of hydrogen-bond acceptors (Lipinski definition) is 4. The van der Waals surface area contributed by atoms with E-state index in [1.807, 2.05) is 61.5 Å². The third kappa shape index (κ3) is 3.55. The fourth-order valence-electron chi connectivity index (χ4n) is 3.57. The van der Waals surface area contributed by atoms with E-state index in [1.54, 1.807) is 18.2 Å². The van der Waals surface area contributed by atoms with E-state index in [-0.39, 0.29) is 18.1 Å². The number of hydrogen-bond donors (Lipinski definition) is 0. The molecular formula is C24H20N2O3. The summed E-state index contributed by atoms with van der Waals surface area (Å²) in [4.78, 5) is 29.4. The molecule has 2 aromatic heterocycles. The van der Waals surface area contributed by atoms with Crippen LogP contribution in [-0.2, 0) is 11.3 Å². The standard InChI is InChI=1S/C24H20N2O3/c1-2-26-20-14-7-6-12-18(20)22(23(26)17-10-4-3-5-11-17)21(27)16-29-24(28)19-13-8-9-15-25-19/h3-15H,2,16H2,1H3. The molecule has 0 radical (unpaired) electrons. The predicted molar refractivity (Wildman–Crippen MR) is 112 cm³/mol. The largest absolute Gasteiger partial charge is 0.453 e. The van der Waals surface area contributed by atoms with Crippen molar-refractivity contribution < 1.29 is 14.3 Å². The van der Waals surface area contributed by atoms with Crippen molar-refractivity contribution in [2.24, 2.45) is 0 Å². The Morgan fingerprint density at radius 1 is 0.931 bits per heavy atom. The molecule has 0 atom stereocenters. The molecule has 2 aromatic carbocycles. The number of ether oxygens (including phenoxy) is 1. The lowest BCUT2D eigenvalue weighted by Crippen LogP contribution is -2.16. The Balaban J connectivity index is 1.74. The zero-order chi connectivity index (χ0) is 20.2. The summed E-state index contributed by atoms with van der Waals surface area (Å²) in [6.45, 7) is 2.42. The summed E-state index contributed by atoms with van der Waals surface area (Å²) in [5.74, 6) is -0.851. The maximum Gasteiger partial charge on any atom is 0.357 e. The van der Waals surface area contributed by atoms with Crippen LogP contribution in [-0.4, -0.2) is 27.9 Å². The molecular weight excluding hydrogens is 364 g/mol. The monoisotopic (exact) mass is 384 g/mol. The number of aryl methyl sites for hydroxylation is 1. The molecule has 2 heterocycles. The predicted octanol–water partition coefficient (Wildman–Crippen LogP) is 4.76. The van der Waals surface area contributed by atoms with E-state index in [0.29, 0.717) is 12.1 Å². The van der Waals surface area contributed by atoms with Crippen LogP contribution >= 0.6 is 0 Å². The van der Waals surface area contributed by atoms with Crippen LogP contribution in [0.25, 0.3) is 22.2 Å². The molecule has 0 N–H and O–H groups in total. The van der Waals surface area contributed by atoms with Crippen LogP contribution < -0.4 is 0 Å². The van der Waals surface area contributed by atoms with Crippen molar-refractivity contribution in [3.63, 3.8) is 0 Å². The zero-order valence-corrected chi connectivity index (χ0v) is 16.0. The normalized spacial score (nSPS) is 10.8. The molecule has 4 aromatic rings. The fourth-order valence-corrected chi connectivity index (χ4v) is 3.57. The Kier molecular flexibility index (Phi) is 5.20. The first-order valence-corrected chi connectivity index (χ1v) is 9.48. The van der Waals surface area contributed by atoms with Gasteiger partial charge in [-0.25, -0.2) is 9.78 Å². The van der Waals surface area contributed by atoms with Gasteiger partial charge in [-0.3, -0.25) is 4.79 Å². The minimum absolute atomic E-state index is 0.180. The number of benzene rings is 2. The summed E-state index contributed by atoms with van der Waals surface area (Å²) >= 11 is 0. The summed E-state index contributed by atoms with van der Waals surface area (Å²) in [7, 11) is 0. The van der Waals surface area contributed by atoms with E-state index in [2.05, 4.69) is 9.55 Å². The average molecular weight is 384 g/mol. The van der Waals surface area contributed by atoms with Gasteiger partial charge in [-0.15, -0.1) is 0 Å². The first-order chi connectivity index (χ1) is 14.2. The number of carbonyl (C=O) groups excluding carboxylic acids is 2. The van der Waals surface area contributed by atoms with E-state index < -0.39 is 5.97 Å². The lowest BCUT2D eigenvalue weighted by molar-refractivity contribution is 0.0469. The second-order valence-corrected chi connectivity index (χ2v) is 6.57. The lowest BCUT2D eigenvalue weighted by atomic mass is 10.0. The first kappa shape index (κ1) is 18.6. The molecule has 0 aliphatic carbocycles. The SMILES string of the molecule is CCn1c(-c2ccccc2)c(C(=O)COC(=O)c2ccccn2)c2ccccc21. The number of rotatable bonds is 6. The van der Waals surface area contributed by atoms with E-state index >= 15 is 0 Å². The highest BCUT2D eigenvalue weighted by Crippen LogP contribution is 2.34. The molecule has 5 heteroatoms. The van der Waals surface area contributed by atoms with E-state index in [4.69, 9.17) is 4.74 Å². The molecule has 5 nitrogen and oxygen atoms in total. The Labute approximate surface area is 168 Å². The van der Waals surface area contributed by atoms with Crippen LogP contribution in [0, 0.1) is 0 Å². The van der Waals surface area contributed by atoms with Crippen LogP contribution in [0.2, 0.25) is 0 Å². The van der Waals surface area contributed by atoms with Crippen molar-refractivity contribution >= 4 is 22.7 Å². The second-order valence-electron chi connectivity index (χ2n) is 6.57. The minimum atomic E-state index is -0.612. The number of carbonyl (C=O) groups is 2. The summed E-state index contributed by atoms with van der Waals surface area (Å²) < 4.78 is 7.39. The van der Waals surface area contributed by atoms with Crippen molar-refractivity contribution in [3.05, 3.63) is 90.3 Å². The zero-order valence-electron chi connectivity index (χ0n) is 16.0. The number of aromatic nitrogens is 2. The maximum absolute atomic E-state index is 13.2. The molecule has 0 unspecified atom stereocenters. The van der Waals surface area contributed by atoms with Gasteiger partial charge >= 0.3 is 5.97 Å². The van der Waals surface area contributed by atoms with Gasteiger partial charge in [0.2, 0.25) is 5.78 Å². The van der Waals surface area contributed by atoms with E-state index in [9.17, 15) is 9.59 Å². The summed E-state index contributed by atoms with van der Waals surface area (Å²) in [6.07, 6.45) is 1.51. The quantitative estimate of drug-likeness (QED) is 0.355. The van der Waals surface area contributed by atoms with E-state index in [1.165, 1.54) is 6.20 Å². The maximum atomic E-state index is 13.2. The van der Waals surface area contributed by atoms with Crippen LogP contribution in [0.5, 0.6) is 0 Å². The number of para-hydroxylation sites is 1.